The highest BCUT2D eigenvalue weighted by atomic mass is 32.2. The molecule has 4 rings (SSSR count). The Morgan fingerprint density at radius 2 is 0.528 bits per heavy atom. The Balaban J connectivity index is 1.20. The number of ether oxygens (including phenoxy) is 3. The molecular formula is C18H24N6O3S9. The molecule has 0 radical (unpaired) electrons. The van der Waals surface area contributed by atoms with Crippen LogP contribution >= 0.6 is 105 Å². The summed E-state index contributed by atoms with van der Waals surface area (Å²) in [4.78, 5) is 0. The van der Waals surface area contributed by atoms with Gasteiger partial charge in [-0.05, 0) is 0 Å². The van der Waals surface area contributed by atoms with Gasteiger partial charge < -0.3 is 14.2 Å². The van der Waals surface area contributed by atoms with Crippen molar-refractivity contribution in [3.05, 3.63) is 0 Å². The molecule has 0 amide bonds. The molecule has 6 bridgehead atoms. The molecule has 198 valence electrons. The summed E-state index contributed by atoms with van der Waals surface area (Å²) in [5.41, 5.74) is 0. The minimum absolute atomic E-state index is 0.688. The minimum atomic E-state index is 0.688. The predicted molar refractivity (Wildman–Crippen MR) is 157 cm³/mol. The summed E-state index contributed by atoms with van der Waals surface area (Å²) in [7, 11) is 0. The van der Waals surface area contributed by atoms with Crippen molar-refractivity contribution >= 4 is 105 Å². The first-order valence-corrected chi connectivity index (χ1v) is 19.2. The molecule has 0 aliphatic carbocycles. The van der Waals surface area contributed by atoms with E-state index in [4.69, 9.17) is 14.2 Å². The number of nitrogens with zero attached hydrogens (tertiary/aromatic N) is 6. The molecule has 0 fully saturated rings. The van der Waals surface area contributed by atoms with Crippen LogP contribution in [0.15, 0.2) is 26.0 Å². The van der Waals surface area contributed by atoms with Gasteiger partial charge >= 0.3 is 0 Å². The highest BCUT2D eigenvalue weighted by molar-refractivity contribution is 8.04. The van der Waals surface area contributed by atoms with Gasteiger partial charge in [-0.2, -0.15) is 0 Å². The molecule has 36 heavy (non-hydrogen) atoms. The van der Waals surface area contributed by atoms with Crippen LogP contribution in [-0.2, 0) is 14.2 Å². The van der Waals surface area contributed by atoms with E-state index in [2.05, 4.69) is 30.6 Å². The zero-order valence-electron chi connectivity index (χ0n) is 19.1. The van der Waals surface area contributed by atoms with Gasteiger partial charge in [-0.25, -0.2) is 0 Å². The minimum Gasteiger partial charge on any atom is -0.380 e. The van der Waals surface area contributed by atoms with Gasteiger partial charge in [0.2, 0.25) is 0 Å². The average molecular weight is 661 g/mol. The largest absolute Gasteiger partial charge is 0.380 e. The topological polar surface area (TPSA) is 105 Å². The van der Waals surface area contributed by atoms with Gasteiger partial charge in [0.05, 0.1) is 39.6 Å². The second-order valence-electron chi connectivity index (χ2n) is 6.43. The van der Waals surface area contributed by atoms with Crippen molar-refractivity contribution in [2.24, 2.45) is 0 Å². The van der Waals surface area contributed by atoms with E-state index in [1.165, 1.54) is 0 Å². The third-order valence-electron chi connectivity index (χ3n) is 3.88. The van der Waals surface area contributed by atoms with E-state index in [0.717, 1.165) is 60.6 Å². The average Bonchev–Trinajstić information content (AvgIpc) is 3.64. The summed E-state index contributed by atoms with van der Waals surface area (Å²) < 4.78 is 23.1. The molecule has 9 nitrogen and oxygen atoms in total. The Kier molecular flexibility index (Phi) is 14.9. The Hall–Kier alpha value is 0.660. The molecule has 0 atom stereocenters. The maximum absolute atomic E-state index is 5.75. The normalized spacial score (nSPS) is 19.0. The van der Waals surface area contributed by atoms with Gasteiger partial charge in [0.15, 0.2) is 26.0 Å². The molecule has 0 spiro atoms. The van der Waals surface area contributed by atoms with Crippen LogP contribution in [0.2, 0.25) is 0 Å². The second kappa shape index (κ2) is 18.1. The third-order valence-corrected chi connectivity index (χ3v) is 13.2. The maximum Gasteiger partial charge on any atom is 0.175 e. The highest BCUT2D eigenvalue weighted by Gasteiger charge is 2.09. The summed E-state index contributed by atoms with van der Waals surface area (Å²) in [6.07, 6.45) is 0. The Morgan fingerprint density at radius 3 is 0.722 bits per heavy atom. The van der Waals surface area contributed by atoms with E-state index in [0.29, 0.717) is 39.6 Å². The monoisotopic (exact) mass is 660 g/mol. The smallest absolute Gasteiger partial charge is 0.175 e. The van der Waals surface area contributed by atoms with Crippen molar-refractivity contribution < 1.29 is 14.2 Å². The third kappa shape index (κ3) is 11.8. The van der Waals surface area contributed by atoms with E-state index in [1.54, 1.807) is 105 Å². The van der Waals surface area contributed by atoms with Crippen LogP contribution < -0.4 is 0 Å². The molecule has 3 aromatic heterocycles. The molecule has 0 saturated heterocycles. The summed E-state index contributed by atoms with van der Waals surface area (Å²) >= 11 is 15.0. The quantitative estimate of drug-likeness (QED) is 0.313. The highest BCUT2D eigenvalue weighted by Crippen LogP contribution is 2.31. The van der Waals surface area contributed by atoms with E-state index >= 15 is 0 Å². The second-order valence-corrected chi connectivity index (χ2v) is 17.4. The van der Waals surface area contributed by atoms with Crippen LogP contribution in [-0.4, -0.2) is 105 Å². The van der Waals surface area contributed by atoms with Crippen LogP contribution in [0.25, 0.3) is 0 Å². The summed E-state index contributed by atoms with van der Waals surface area (Å²) in [5, 5.41) is 25.6. The Morgan fingerprint density at radius 1 is 0.333 bits per heavy atom. The number of fused-ring (bicyclic) bond motifs is 6. The van der Waals surface area contributed by atoms with Gasteiger partial charge in [0, 0.05) is 34.5 Å². The fraction of sp³-hybridized carbons (Fsp3) is 0.667. The first kappa shape index (κ1) is 29.6. The molecule has 0 unspecified atom stereocenters. The van der Waals surface area contributed by atoms with Crippen molar-refractivity contribution in [1.82, 2.24) is 30.6 Å². The van der Waals surface area contributed by atoms with E-state index in [-0.39, 0.29) is 0 Å². The Bertz CT molecular complexity index is 815. The lowest BCUT2D eigenvalue weighted by Gasteiger charge is -2.02. The van der Waals surface area contributed by atoms with Crippen LogP contribution in [0.1, 0.15) is 0 Å². The van der Waals surface area contributed by atoms with Gasteiger partial charge in [-0.15, -0.1) is 30.6 Å². The fourth-order valence-corrected chi connectivity index (χ4v) is 11.0. The lowest BCUT2D eigenvalue weighted by Crippen LogP contribution is -2.01. The van der Waals surface area contributed by atoms with Crippen LogP contribution in [0.4, 0.5) is 0 Å². The van der Waals surface area contributed by atoms with Crippen molar-refractivity contribution in [3.8, 4) is 0 Å². The molecule has 1 aliphatic rings. The van der Waals surface area contributed by atoms with Crippen LogP contribution in [0.5, 0.6) is 0 Å². The molecule has 1 aliphatic heterocycles. The molecule has 18 heteroatoms. The van der Waals surface area contributed by atoms with E-state index in [1.807, 2.05) is 0 Å². The summed E-state index contributed by atoms with van der Waals surface area (Å²) in [6, 6.07) is 0. The van der Waals surface area contributed by atoms with Gasteiger partial charge in [-0.1, -0.05) is 105 Å². The lowest BCUT2D eigenvalue weighted by atomic mass is 10.8. The van der Waals surface area contributed by atoms with Gasteiger partial charge in [-0.3, -0.25) is 0 Å². The molecule has 0 aromatic carbocycles. The first-order valence-electron chi connectivity index (χ1n) is 10.9. The van der Waals surface area contributed by atoms with Crippen molar-refractivity contribution in [2.75, 3.05) is 74.2 Å². The number of rotatable bonds is 0. The number of hydrogen-bond acceptors (Lipinski definition) is 18. The molecule has 3 aromatic rings. The van der Waals surface area contributed by atoms with Crippen LogP contribution in [0.3, 0.4) is 0 Å². The fourth-order valence-electron chi connectivity index (χ4n) is 2.38. The first-order chi connectivity index (χ1) is 17.8. The zero-order valence-corrected chi connectivity index (χ0v) is 26.4. The van der Waals surface area contributed by atoms with Gasteiger partial charge in [0.1, 0.15) is 0 Å². The zero-order chi connectivity index (χ0) is 24.7. The van der Waals surface area contributed by atoms with Crippen molar-refractivity contribution in [2.45, 2.75) is 26.0 Å². The van der Waals surface area contributed by atoms with E-state index in [9.17, 15) is 0 Å². The summed E-state index contributed by atoms with van der Waals surface area (Å²) in [6.45, 7) is 4.13. The van der Waals surface area contributed by atoms with Gasteiger partial charge in [0.25, 0.3) is 0 Å². The maximum atomic E-state index is 5.75. The van der Waals surface area contributed by atoms with Crippen LogP contribution in [0, 0.1) is 0 Å². The van der Waals surface area contributed by atoms with Crippen molar-refractivity contribution in [1.29, 1.82) is 0 Å². The number of thioether (sulfide) groups is 6. The SMILES string of the molecule is C1CSc2nnc(s2)SCCOCCSc2nnc(s2)SCCOCCSc2nnc(s2)SCCO1. The Labute approximate surface area is 247 Å². The standard InChI is InChI=1S/C18H24N6O3S9/c1-7-28-13-19-20-15(34-13)30-9-3-26-5-11-32-17-23-24-18(36-17)33-12-6-27-4-10-31-16-22-21-14(35-16)29-8-2-25-1/h1-12H2. The van der Waals surface area contributed by atoms with E-state index < -0.39 is 0 Å². The number of hydrogen-bond donors (Lipinski definition) is 0. The molecule has 4 heterocycles. The lowest BCUT2D eigenvalue weighted by molar-refractivity contribution is 0.167. The van der Waals surface area contributed by atoms with Crippen molar-refractivity contribution in [3.63, 3.8) is 0 Å². The molecule has 0 saturated carbocycles. The summed E-state index contributed by atoms with van der Waals surface area (Å²) in [5.74, 6) is 5.17. The molecule has 0 N–H and O–H groups in total. The number of aromatic nitrogens is 6. The molecular weight excluding hydrogens is 637 g/mol. The predicted octanol–water partition coefficient (Wildman–Crippen LogP) is 5.26.